The number of carbonyl (C=O) groups excluding carboxylic acids is 3. The van der Waals surface area contributed by atoms with Gasteiger partial charge in [0.05, 0.1) is 18.7 Å². The topological polar surface area (TPSA) is 159 Å². The Kier molecular flexibility index (Phi) is 12.1. The molecular weight excluding hydrogens is 554 g/mol. The number of aliphatic carboxylic acids is 1. The van der Waals surface area contributed by atoms with Gasteiger partial charge >= 0.3 is 12.1 Å². The lowest BCUT2D eigenvalue weighted by Crippen LogP contribution is -2.49. The zero-order valence-electron chi connectivity index (χ0n) is 24.3. The van der Waals surface area contributed by atoms with Crippen molar-refractivity contribution in [1.29, 1.82) is 0 Å². The minimum absolute atomic E-state index is 0.131. The van der Waals surface area contributed by atoms with E-state index >= 15 is 0 Å². The minimum Gasteiger partial charge on any atom is -0.480 e. The number of hydrogen-bond acceptors (Lipinski definition) is 8. The Morgan fingerprint density at radius 1 is 1.02 bits per heavy atom. The van der Waals surface area contributed by atoms with Crippen LogP contribution in [0.4, 0.5) is 10.6 Å². The van der Waals surface area contributed by atoms with Crippen molar-refractivity contribution < 1.29 is 33.8 Å². The average Bonchev–Trinajstić information content (AvgIpc) is 3.70. The lowest BCUT2D eigenvalue weighted by atomic mass is 10.0. The zero-order valence-corrected chi connectivity index (χ0v) is 24.3. The molecule has 2 heterocycles. The van der Waals surface area contributed by atoms with Crippen LogP contribution in [0.15, 0.2) is 54.7 Å². The first-order valence-electron chi connectivity index (χ1n) is 14.9. The van der Waals surface area contributed by atoms with Crippen LogP contribution in [0.25, 0.3) is 0 Å². The summed E-state index contributed by atoms with van der Waals surface area (Å²) in [5.41, 5.74) is 0.868. The minimum atomic E-state index is -1.23. The molecule has 4 N–H and O–H groups in total. The number of pyridine rings is 1. The average molecular weight is 596 g/mol. The molecule has 2 aliphatic rings. The Morgan fingerprint density at radius 3 is 2.51 bits per heavy atom. The summed E-state index contributed by atoms with van der Waals surface area (Å²) in [6.07, 6.45) is 6.81. The summed E-state index contributed by atoms with van der Waals surface area (Å²) in [4.78, 5) is 55.3. The van der Waals surface area contributed by atoms with E-state index < -0.39 is 30.1 Å². The Balaban J connectivity index is 1.23. The molecule has 232 valence electrons. The van der Waals surface area contributed by atoms with Crippen LogP contribution in [0.1, 0.15) is 50.5 Å². The smallest absolute Gasteiger partial charge is 0.410 e. The highest BCUT2D eigenvalue weighted by Crippen LogP contribution is 2.28. The van der Waals surface area contributed by atoms with Crippen molar-refractivity contribution in [2.75, 3.05) is 31.6 Å². The van der Waals surface area contributed by atoms with Crippen LogP contribution in [0.5, 0.6) is 0 Å². The first kappa shape index (κ1) is 31.7. The number of amides is 3. The summed E-state index contributed by atoms with van der Waals surface area (Å²) >= 11 is 0. The van der Waals surface area contributed by atoms with Crippen LogP contribution < -0.4 is 16.0 Å². The summed E-state index contributed by atoms with van der Waals surface area (Å²) in [5, 5.41) is 17.8. The van der Waals surface area contributed by atoms with Crippen LogP contribution in [-0.2, 0) is 30.5 Å². The number of ether oxygens (including phenoxy) is 2. The highest BCUT2D eigenvalue weighted by Gasteiger charge is 2.37. The van der Waals surface area contributed by atoms with E-state index in [1.165, 1.54) is 12.8 Å². The van der Waals surface area contributed by atoms with Crippen molar-refractivity contribution in [3.63, 3.8) is 0 Å². The van der Waals surface area contributed by atoms with Crippen LogP contribution in [0.3, 0.4) is 0 Å². The molecule has 1 aromatic carbocycles. The quantitative estimate of drug-likeness (QED) is 0.243. The van der Waals surface area contributed by atoms with Crippen molar-refractivity contribution in [2.24, 2.45) is 5.92 Å². The van der Waals surface area contributed by atoms with E-state index in [1.807, 2.05) is 48.5 Å². The van der Waals surface area contributed by atoms with Crippen molar-refractivity contribution in [2.45, 2.75) is 69.7 Å². The molecule has 0 bridgehead atoms. The van der Waals surface area contributed by atoms with Crippen LogP contribution in [-0.4, -0.2) is 83.3 Å². The van der Waals surface area contributed by atoms with Gasteiger partial charge in [-0.3, -0.25) is 9.59 Å². The maximum absolute atomic E-state index is 13.0. The first-order chi connectivity index (χ1) is 20.9. The zero-order chi connectivity index (χ0) is 30.4. The molecule has 1 aliphatic heterocycles. The van der Waals surface area contributed by atoms with Crippen LogP contribution in [0.2, 0.25) is 0 Å². The first-order valence-corrected chi connectivity index (χ1v) is 14.9. The van der Waals surface area contributed by atoms with Gasteiger partial charge in [0, 0.05) is 25.7 Å². The predicted molar refractivity (Wildman–Crippen MR) is 158 cm³/mol. The number of benzene rings is 1. The molecule has 43 heavy (non-hydrogen) atoms. The molecule has 0 spiro atoms. The molecule has 3 unspecified atom stereocenters. The molecule has 2 fully saturated rings. The normalized spacial score (nSPS) is 19.0. The Labute approximate surface area is 251 Å². The Hall–Kier alpha value is -4.19. The highest BCUT2D eigenvalue weighted by atomic mass is 16.6. The van der Waals surface area contributed by atoms with Gasteiger partial charge in [0.15, 0.2) is 0 Å². The monoisotopic (exact) mass is 595 g/mol. The SMILES string of the molecule is O=C(COC1CC(CNc2ccccn2)N(C(=O)OCc2ccccc2)C1)NCC(NC(=O)CCC1CCCC1)C(=O)O. The fourth-order valence-electron chi connectivity index (χ4n) is 5.46. The number of likely N-dealkylation sites (tertiary alicyclic amines) is 1. The summed E-state index contributed by atoms with van der Waals surface area (Å²) in [6, 6.07) is 13.4. The van der Waals surface area contributed by atoms with E-state index in [1.54, 1.807) is 11.1 Å². The van der Waals surface area contributed by atoms with Crippen molar-refractivity contribution >= 4 is 29.7 Å². The third-order valence-electron chi connectivity index (χ3n) is 7.84. The number of hydrogen-bond donors (Lipinski definition) is 4. The van der Waals surface area contributed by atoms with E-state index in [2.05, 4.69) is 20.9 Å². The standard InChI is InChI=1S/C31H41N5O7/c37-28(14-13-22-8-4-5-9-22)35-26(30(39)40)18-34-29(38)21-42-25-16-24(17-33-27-12-6-7-15-32-27)36(19-25)31(41)43-20-23-10-2-1-3-11-23/h1-3,6-7,10-12,15,22,24-26H,4-5,8-9,13-14,16-21H2,(H,32,33)(H,34,38)(H,35,37)(H,39,40). The van der Waals surface area contributed by atoms with E-state index in [-0.39, 0.29) is 44.7 Å². The molecular formula is C31H41N5O7. The molecule has 12 heteroatoms. The molecule has 3 amide bonds. The number of anilines is 1. The molecule has 2 aromatic rings. The maximum atomic E-state index is 13.0. The summed E-state index contributed by atoms with van der Waals surface area (Å²) in [5.74, 6) is -0.879. The second-order valence-corrected chi connectivity index (χ2v) is 11.1. The van der Waals surface area contributed by atoms with Gasteiger partial charge in [-0.2, -0.15) is 0 Å². The molecule has 12 nitrogen and oxygen atoms in total. The third kappa shape index (κ3) is 10.5. The van der Waals surface area contributed by atoms with Gasteiger partial charge < -0.3 is 35.4 Å². The number of nitrogens with one attached hydrogen (secondary N) is 3. The van der Waals surface area contributed by atoms with Gasteiger partial charge in [-0.05, 0) is 36.5 Å². The number of rotatable bonds is 15. The van der Waals surface area contributed by atoms with Gasteiger partial charge in [-0.25, -0.2) is 14.6 Å². The summed E-state index contributed by atoms with van der Waals surface area (Å²) in [7, 11) is 0. The van der Waals surface area contributed by atoms with Gasteiger partial charge in [0.1, 0.15) is 25.1 Å². The van der Waals surface area contributed by atoms with E-state index in [4.69, 9.17) is 9.47 Å². The molecule has 1 saturated carbocycles. The molecule has 3 atom stereocenters. The summed E-state index contributed by atoms with van der Waals surface area (Å²) in [6.45, 7) is 0.187. The predicted octanol–water partition coefficient (Wildman–Crippen LogP) is 2.95. The maximum Gasteiger partial charge on any atom is 0.410 e. The van der Waals surface area contributed by atoms with Crippen LogP contribution in [0, 0.1) is 5.92 Å². The molecule has 1 saturated heterocycles. The number of carboxylic acids is 1. The third-order valence-corrected chi connectivity index (χ3v) is 7.84. The second kappa shape index (κ2) is 16.4. The van der Waals surface area contributed by atoms with Gasteiger partial charge in [-0.1, -0.05) is 62.1 Å². The van der Waals surface area contributed by atoms with Gasteiger partial charge in [0.2, 0.25) is 11.8 Å². The van der Waals surface area contributed by atoms with Crippen molar-refractivity contribution in [3.8, 4) is 0 Å². The van der Waals surface area contributed by atoms with Gasteiger partial charge in [0.25, 0.3) is 0 Å². The van der Waals surface area contributed by atoms with E-state index in [9.17, 15) is 24.3 Å². The second-order valence-electron chi connectivity index (χ2n) is 11.1. The Bertz CT molecular complexity index is 1190. The fraction of sp³-hybridized carbons (Fsp3) is 0.516. The van der Waals surface area contributed by atoms with Crippen LogP contribution >= 0.6 is 0 Å². The van der Waals surface area contributed by atoms with Gasteiger partial charge in [-0.15, -0.1) is 0 Å². The molecule has 1 aromatic heterocycles. The highest BCUT2D eigenvalue weighted by molar-refractivity contribution is 5.84. The lowest BCUT2D eigenvalue weighted by molar-refractivity contribution is -0.142. The number of carboxylic acid groups (broad SMARTS) is 1. The largest absolute Gasteiger partial charge is 0.480 e. The molecule has 4 rings (SSSR count). The number of aromatic nitrogens is 1. The Morgan fingerprint density at radius 2 is 1.79 bits per heavy atom. The molecule has 0 radical (unpaired) electrons. The van der Waals surface area contributed by atoms with E-state index in [0.717, 1.165) is 24.8 Å². The van der Waals surface area contributed by atoms with Crippen molar-refractivity contribution in [3.05, 3.63) is 60.3 Å². The molecule has 1 aliphatic carbocycles. The fourth-order valence-corrected chi connectivity index (χ4v) is 5.46. The lowest BCUT2D eigenvalue weighted by Gasteiger charge is -2.24. The number of nitrogens with zero attached hydrogens (tertiary/aromatic N) is 2. The van der Waals surface area contributed by atoms with Crippen molar-refractivity contribution in [1.82, 2.24) is 20.5 Å². The van der Waals surface area contributed by atoms with E-state index in [0.29, 0.717) is 24.7 Å². The number of carbonyl (C=O) groups is 4. The summed E-state index contributed by atoms with van der Waals surface area (Å²) < 4.78 is 11.4.